The smallest absolute Gasteiger partial charge is 0.399 e. The van der Waals surface area contributed by atoms with E-state index in [9.17, 15) is 4.79 Å². The first-order valence-electron chi connectivity index (χ1n) is 9.47. The number of hydrogen-bond acceptors (Lipinski definition) is 3. The van der Waals surface area contributed by atoms with Gasteiger partial charge in [0.2, 0.25) is 5.91 Å². The SMILES string of the molecule is CCCN(Cc1ccc(B2OC(C)(C)C(C)(C)O2)cc1)C(=O)C1CC1. The van der Waals surface area contributed by atoms with Crippen molar-refractivity contribution in [3.63, 3.8) is 0 Å². The first-order valence-corrected chi connectivity index (χ1v) is 9.47. The molecule has 1 saturated heterocycles. The zero-order valence-corrected chi connectivity index (χ0v) is 16.2. The van der Waals surface area contributed by atoms with E-state index in [1.165, 1.54) is 0 Å². The van der Waals surface area contributed by atoms with Crippen LogP contribution in [0.3, 0.4) is 0 Å². The minimum atomic E-state index is -0.334. The monoisotopic (exact) mass is 343 g/mol. The average Bonchev–Trinajstić information content (AvgIpc) is 3.35. The second kappa shape index (κ2) is 6.77. The Hall–Kier alpha value is -1.33. The summed E-state index contributed by atoms with van der Waals surface area (Å²) >= 11 is 0. The molecule has 1 amide bonds. The third-order valence-electron chi connectivity index (χ3n) is 5.61. The number of amides is 1. The van der Waals surface area contributed by atoms with Gasteiger partial charge in [-0.05, 0) is 58.0 Å². The molecule has 0 radical (unpaired) electrons. The minimum absolute atomic E-state index is 0.274. The van der Waals surface area contributed by atoms with Crippen molar-refractivity contribution in [1.82, 2.24) is 4.90 Å². The highest BCUT2D eigenvalue weighted by Gasteiger charge is 2.51. The quantitative estimate of drug-likeness (QED) is 0.745. The van der Waals surface area contributed by atoms with Crippen molar-refractivity contribution in [3.05, 3.63) is 29.8 Å². The van der Waals surface area contributed by atoms with E-state index in [4.69, 9.17) is 9.31 Å². The van der Waals surface area contributed by atoms with Crippen LogP contribution in [0.1, 0.15) is 59.4 Å². The molecule has 1 aromatic carbocycles. The fourth-order valence-electron chi connectivity index (χ4n) is 3.11. The van der Waals surface area contributed by atoms with Crippen LogP contribution in [-0.2, 0) is 20.6 Å². The predicted molar refractivity (Wildman–Crippen MR) is 101 cm³/mol. The molecular weight excluding hydrogens is 313 g/mol. The van der Waals surface area contributed by atoms with Crippen LogP contribution in [0.4, 0.5) is 0 Å². The highest BCUT2D eigenvalue weighted by Crippen LogP contribution is 2.36. The molecule has 0 bridgehead atoms. The summed E-state index contributed by atoms with van der Waals surface area (Å²) in [7, 11) is -0.334. The van der Waals surface area contributed by atoms with Crippen LogP contribution < -0.4 is 5.46 Å². The molecule has 0 aromatic heterocycles. The summed E-state index contributed by atoms with van der Waals surface area (Å²) < 4.78 is 12.2. The van der Waals surface area contributed by atoms with Gasteiger partial charge in [-0.25, -0.2) is 0 Å². The minimum Gasteiger partial charge on any atom is -0.399 e. The molecule has 0 N–H and O–H groups in total. The zero-order valence-electron chi connectivity index (χ0n) is 16.2. The molecule has 5 heteroatoms. The van der Waals surface area contributed by atoms with E-state index in [0.29, 0.717) is 12.5 Å². The Balaban J connectivity index is 1.67. The Labute approximate surface area is 152 Å². The van der Waals surface area contributed by atoms with Crippen molar-refractivity contribution < 1.29 is 14.1 Å². The van der Waals surface area contributed by atoms with Crippen molar-refractivity contribution in [2.45, 2.75) is 71.6 Å². The van der Waals surface area contributed by atoms with E-state index >= 15 is 0 Å². The molecule has 3 rings (SSSR count). The number of carbonyl (C=O) groups excluding carboxylic acids is 1. The summed E-state index contributed by atoms with van der Waals surface area (Å²) in [6.07, 6.45) is 3.10. The van der Waals surface area contributed by atoms with Gasteiger partial charge < -0.3 is 14.2 Å². The van der Waals surface area contributed by atoms with Crippen LogP contribution in [0, 0.1) is 5.92 Å². The second-order valence-electron chi connectivity index (χ2n) is 8.36. The molecule has 25 heavy (non-hydrogen) atoms. The summed E-state index contributed by atoms with van der Waals surface area (Å²) in [4.78, 5) is 14.4. The topological polar surface area (TPSA) is 38.8 Å². The van der Waals surface area contributed by atoms with Crippen LogP contribution in [0.15, 0.2) is 24.3 Å². The number of carbonyl (C=O) groups is 1. The van der Waals surface area contributed by atoms with E-state index in [0.717, 1.165) is 36.8 Å². The molecule has 0 unspecified atom stereocenters. The Bertz CT molecular complexity index is 606. The maximum absolute atomic E-state index is 12.4. The molecule has 2 aliphatic rings. The van der Waals surface area contributed by atoms with Crippen molar-refractivity contribution >= 4 is 18.5 Å². The predicted octanol–water partition coefficient (Wildman–Crippen LogP) is 3.13. The molecule has 2 fully saturated rings. The number of benzene rings is 1. The fraction of sp³-hybridized carbons (Fsp3) is 0.650. The number of rotatable bonds is 6. The normalized spacial score (nSPS) is 21.4. The third-order valence-corrected chi connectivity index (χ3v) is 5.61. The molecule has 1 aliphatic carbocycles. The van der Waals surface area contributed by atoms with Gasteiger partial charge in [0, 0.05) is 19.0 Å². The summed E-state index contributed by atoms with van der Waals surface area (Å²) in [6, 6.07) is 8.29. The molecule has 136 valence electrons. The highest BCUT2D eigenvalue weighted by molar-refractivity contribution is 6.62. The van der Waals surface area contributed by atoms with Crippen LogP contribution in [-0.4, -0.2) is 35.7 Å². The van der Waals surface area contributed by atoms with Gasteiger partial charge in [0.25, 0.3) is 0 Å². The highest BCUT2D eigenvalue weighted by atomic mass is 16.7. The standard InChI is InChI=1S/C20H30BNO3/c1-6-13-22(18(23)16-9-10-16)14-15-7-11-17(12-8-15)21-24-19(2,3)20(4,5)25-21/h7-8,11-12,16H,6,9-10,13-14H2,1-5H3. The second-order valence-corrected chi connectivity index (χ2v) is 8.36. The molecule has 1 saturated carbocycles. The van der Waals surface area contributed by atoms with E-state index in [-0.39, 0.29) is 24.2 Å². The summed E-state index contributed by atoms with van der Waals surface area (Å²) in [5.41, 5.74) is 1.52. The number of nitrogens with zero attached hydrogens (tertiary/aromatic N) is 1. The van der Waals surface area contributed by atoms with E-state index < -0.39 is 0 Å². The van der Waals surface area contributed by atoms with Crippen LogP contribution in [0.5, 0.6) is 0 Å². The van der Waals surface area contributed by atoms with Gasteiger partial charge in [-0.1, -0.05) is 31.2 Å². The van der Waals surface area contributed by atoms with Crippen molar-refractivity contribution in [3.8, 4) is 0 Å². The fourth-order valence-corrected chi connectivity index (χ4v) is 3.11. The van der Waals surface area contributed by atoms with Crippen LogP contribution in [0.2, 0.25) is 0 Å². The van der Waals surface area contributed by atoms with E-state index in [1.807, 2.05) is 4.90 Å². The Morgan fingerprint density at radius 3 is 2.16 bits per heavy atom. The molecule has 0 spiro atoms. The van der Waals surface area contributed by atoms with Crippen LogP contribution >= 0.6 is 0 Å². The molecule has 1 aromatic rings. The summed E-state index contributed by atoms with van der Waals surface area (Å²) in [5, 5.41) is 0. The third kappa shape index (κ3) is 3.93. The Morgan fingerprint density at radius 2 is 1.68 bits per heavy atom. The number of hydrogen-bond donors (Lipinski definition) is 0. The molecule has 1 aliphatic heterocycles. The van der Waals surface area contributed by atoms with Gasteiger partial charge in [-0.3, -0.25) is 4.79 Å². The maximum Gasteiger partial charge on any atom is 0.494 e. The first kappa shape index (κ1) is 18.5. The van der Waals surface area contributed by atoms with Crippen LogP contribution in [0.25, 0.3) is 0 Å². The van der Waals surface area contributed by atoms with E-state index in [2.05, 4.69) is 58.9 Å². The average molecular weight is 343 g/mol. The zero-order chi connectivity index (χ0) is 18.2. The summed E-state index contributed by atoms with van der Waals surface area (Å²) in [6.45, 7) is 11.9. The largest absolute Gasteiger partial charge is 0.494 e. The van der Waals surface area contributed by atoms with Gasteiger partial charge in [0.1, 0.15) is 0 Å². The van der Waals surface area contributed by atoms with E-state index in [1.54, 1.807) is 0 Å². The van der Waals surface area contributed by atoms with Gasteiger partial charge in [-0.2, -0.15) is 0 Å². The first-order chi connectivity index (χ1) is 11.7. The lowest BCUT2D eigenvalue weighted by Gasteiger charge is -2.32. The lowest BCUT2D eigenvalue weighted by molar-refractivity contribution is -0.133. The maximum atomic E-state index is 12.4. The van der Waals surface area contributed by atoms with Crippen molar-refractivity contribution in [2.24, 2.45) is 5.92 Å². The lowest BCUT2D eigenvalue weighted by atomic mass is 9.79. The summed E-state index contributed by atoms with van der Waals surface area (Å²) in [5.74, 6) is 0.590. The molecular formula is C20H30BNO3. The van der Waals surface area contributed by atoms with Crippen molar-refractivity contribution in [1.29, 1.82) is 0 Å². The Kier molecular flexibility index (Phi) is 5.00. The lowest BCUT2D eigenvalue weighted by Crippen LogP contribution is -2.41. The Morgan fingerprint density at radius 1 is 1.12 bits per heavy atom. The van der Waals surface area contributed by atoms with Gasteiger partial charge in [0.05, 0.1) is 11.2 Å². The van der Waals surface area contributed by atoms with Crippen molar-refractivity contribution in [2.75, 3.05) is 6.54 Å². The molecule has 4 nitrogen and oxygen atoms in total. The molecule has 1 heterocycles. The van der Waals surface area contributed by atoms with Gasteiger partial charge in [-0.15, -0.1) is 0 Å². The van der Waals surface area contributed by atoms with Gasteiger partial charge in [0.15, 0.2) is 0 Å². The molecule has 0 atom stereocenters. The van der Waals surface area contributed by atoms with Gasteiger partial charge >= 0.3 is 7.12 Å².